The maximum atomic E-state index is 14.4. The Morgan fingerprint density at radius 2 is 1.86 bits per heavy atom. The third kappa shape index (κ3) is 5.98. The number of hydrogen-bond acceptors (Lipinski definition) is 7. The Morgan fingerprint density at radius 3 is 2.66 bits per heavy atom. The Morgan fingerprint density at radius 1 is 1.08 bits per heavy atom. The molecule has 2 aliphatic heterocycles. The highest BCUT2D eigenvalue weighted by molar-refractivity contribution is 6.31. The van der Waals surface area contributed by atoms with Crippen molar-refractivity contribution in [3.8, 4) is 0 Å². The second-order valence-corrected chi connectivity index (χ2v) is 13.9. The van der Waals surface area contributed by atoms with Gasteiger partial charge in [-0.25, -0.2) is 9.07 Å². The fourth-order valence-corrected chi connectivity index (χ4v) is 7.86. The zero-order valence-corrected chi connectivity index (χ0v) is 28.7. The molecule has 13 heteroatoms. The SMILES string of the molecule is CC1c2[nH]c3ccccc3c2C(c2ccccc2Cl)CN1C(=O)c1cc(CN2CCC(n3cc(C(O)c4ccc(Cl)cc4F)nn3)CC2)on1. The van der Waals surface area contributed by atoms with Crippen LogP contribution in [0.3, 0.4) is 0 Å². The van der Waals surface area contributed by atoms with Gasteiger partial charge < -0.3 is 19.5 Å². The van der Waals surface area contributed by atoms with Crippen molar-refractivity contribution in [2.75, 3.05) is 19.6 Å². The summed E-state index contributed by atoms with van der Waals surface area (Å²) < 4.78 is 21.8. The van der Waals surface area contributed by atoms with Gasteiger partial charge in [-0.05, 0) is 55.2 Å². The van der Waals surface area contributed by atoms with E-state index in [9.17, 15) is 14.3 Å². The maximum Gasteiger partial charge on any atom is 0.276 e. The number of halogens is 3. The number of carbonyl (C=O) groups excluding carboxylic acids is 1. The minimum absolute atomic E-state index is 0.0720. The number of H-pyrrole nitrogens is 1. The molecule has 256 valence electrons. The van der Waals surface area contributed by atoms with E-state index in [0.29, 0.717) is 23.9 Å². The number of nitrogens with zero attached hydrogens (tertiary/aromatic N) is 6. The molecule has 8 rings (SSSR count). The Bertz CT molecular complexity index is 2190. The van der Waals surface area contributed by atoms with E-state index in [1.54, 1.807) is 16.9 Å². The first-order chi connectivity index (χ1) is 24.2. The van der Waals surface area contributed by atoms with Gasteiger partial charge in [0.2, 0.25) is 0 Å². The molecular weight excluding hydrogens is 680 g/mol. The third-order valence-electron chi connectivity index (χ3n) is 10.1. The Labute approximate surface area is 297 Å². The maximum absolute atomic E-state index is 14.4. The van der Waals surface area contributed by atoms with Crippen LogP contribution in [-0.2, 0) is 6.54 Å². The number of benzene rings is 3. The first-order valence-corrected chi connectivity index (χ1v) is 17.4. The van der Waals surface area contributed by atoms with Gasteiger partial charge in [0, 0.05) is 63.8 Å². The lowest BCUT2D eigenvalue weighted by atomic mass is 9.83. The van der Waals surface area contributed by atoms with Crippen LogP contribution in [0, 0.1) is 5.82 Å². The van der Waals surface area contributed by atoms with E-state index >= 15 is 0 Å². The number of hydrogen-bond donors (Lipinski definition) is 2. The van der Waals surface area contributed by atoms with Gasteiger partial charge in [0.25, 0.3) is 5.91 Å². The molecule has 0 saturated carbocycles. The summed E-state index contributed by atoms with van der Waals surface area (Å²) in [4.78, 5) is 21.7. The number of piperidine rings is 1. The van der Waals surface area contributed by atoms with E-state index in [1.165, 1.54) is 23.8 Å². The molecule has 5 heterocycles. The molecule has 2 aliphatic rings. The normalized spacial score (nSPS) is 19.2. The van der Waals surface area contributed by atoms with Crippen LogP contribution in [0.5, 0.6) is 0 Å². The summed E-state index contributed by atoms with van der Waals surface area (Å²) in [5.74, 6) is -0.303. The molecule has 1 saturated heterocycles. The first kappa shape index (κ1) is 32.6. The highest BCUT2D eigenvalue weighted by atomic mass is 35.5. The molecule has 3 aromatic carbocycles. The Hall–Kier alpha value is -4.55. The van der Waals surface area contributed by atoms with Crippen molar-refractivity contribution < 1.29 is 18.8 Å². The lowest BCUT2D eigenvalue weighted by Gasteiger charge is -2.38. The topological polar surface area (TPSA) is 116 Å². The van der Waals surface area contributed by atoms with Crippen LogP contribution in [0.25, 0.3) is 10.9 Å². The highest BCUT2D eigenvalue weighted by Crippen LogP contribution is 2.45. The highest BCUT2D eigenvalue weighted by Gasteiger charge is 2.39. The summed E-state index contributed by atoms with van der Waals surface area (Å²) in [6.45, 7) is 4.50. The fourth-order valence-electron chi connectivity index (χ4n) is 7.44. The van der Waals surface area contributed by atoms with Crippen molar-refractivity contribution in [3.05, 3.63) is 134 Å². The minimum atomic E-state index is -1.25. The average molecular weight is 715 g/mol. The molecule has 10 nitrogen and oxygen atoms in total. The summed E-state index contributed by atoms with van der Waals surface area (Å²) in [6, 6.07) is 21.8. The molecule has 1 amide bonds. The number of carbonyl (C=O) groups is 1. The van der Waals surface area contributed by atoms with Crippen molar-refractivity contribution in [1.82, 2.24) is 34.9 Å². The number of nitrogens with one attached hydrogen (secondary N) is 1. The second-order valence-electron chi connectivity index (χ2n) is 13.1. The lowest BCUT2D eigenvalue weighted by Crippen LogP contribution is -2.41. The standard InChI is InChI=1S/C37H34Cl2FN7O3/c1-21-35-34(27-7-3-5-9-31(27)41-35)28(25-6-2-4-8-29(25)39)19-46(21)37(49)32-17-24(50-43-32)18-45-14-12-23(13-15-45)47-20-33(42-44-47)36(48)26-11-10-22(38)16-30(26)40/h2-11,16-17,20-21,23,28,36,41,48H,12-15,18-19H2,1H3. The Balaban J connectivity index is 0.938. The number of likely N-dealkylation sites (tertiary alicyclic amines) is 1. The number of aromatic nitrogens is 5. The summed E-state index contributed by atoms with van der Waals surface area (Å²) in [5, 5.41) is 25.3. The van der Waals surface area contributed by atoms with E-state index in [-0.39, 0.29) is 45.9 Å². The van der Waals surface area contributed by atoms with Gasteiger partial charge in [0.1, 0.15) is 17.6 Å². The number of amides is 1. The molecule has 50 heavy (non-hydrogen) atoms. The van der Waals surface area contributed by atoms with E-state index in [4.69, 9.17) is 27.7 Å². The third-order valence-corrected chi connectivity index (χ3v) is 10.7. The van der Waals surface area contributed by atoms with Crippen LogP contribution in [-0.4, -0.2) is 65.6 Å². The summed E-state index contributed by atoms with van der Waals surface area (Å²) in [7, 11) is 0. The van der Waals surface area contributed by atoms with Gasteiger partial charge >= 0.3 is 0 Å². The fraction of sp³-hybridized carbons (Fsp3) is 0.297. The van der Waals surface area contributed by atoms with Crippen molar-refractivity contribution in [2.45, 2.75) is 50.4 Å². The molecular formula is C37H34Cl2FN7O3. The molecule has 3 aromatic heterocycles. The molecule has 1 fully saturated rings. The zero-order chi connectivity index (χ0) is 34.5. The van der Waals surface area contributed by atoms with E-state index in [1.807, 2.05) is 48.2 Å². The first-order valence-electron chi connectivity index (χ1n) is 16.6. The summed E-state index contributed by atoms with van der Waals surface area (Å²) in [6.07, 6.45) is 2.00. The molecule has 0 bridgehead atoms. The molecule has 0 spiro atoms. The molecule has 3 atom stereocenters. The quantitative estimate of drug-likeness (QED) is 0.176. The van der Waals surface area contributed by atoms with Crippen LogP contribution in [0.15, 0.2) is 83.5 Å². The number of aliphatic hydroxyl groups is 1. The lowest BCUT2D eigenvalue weighted by molar-refractivity contribution is 0.0651. The van der Waals surface area contributed by atoms with Crippen LogP contribution in [0.4, 0.5) is 4.39 Å². The predicted octanol–water partition coefficient (Wildman–Crippen LogP) is 7.46. The molecule has 3 unspecified atom stereocenters. The number of fused-ring (bicyclic) bond motifs is 3. The van der Waals surface area contributed by atoms with Crippen molar-refractivity contribution in [3.63, 3.8) is 0 Å². The van der Waals surface area contributed by atoms with Gasteiger partial charge in [0.05, 0.1) is 24.8 Å². The number of aromatic amines is 1. The monoisotopic (exact) mass is 713 g/mol. The van der Waals surface area contributed by atoms with Gasteiger partial charge in [-0.15, -0.1) is 5.10 Å². The van der Waals surface area contributed by atoms with E-state index < -0.39 is 11.9 Å². The van der Waals surface area contributed by atoms with Gasteiger partial charge in [-0.2, -0.15) is 0 Å². The van der Waals surface area contributed by atoms with E-state index in [2.05, 4.69) is 37.5 Å². The van der Waals surface area contributed by atoms with Crippen LogP contribution in [0.2, 0.25) is 10.0 Å². The zero-order valence-electron chi connectivity index (χ0n) is 27.1. The number of para-hydroxylation sites is 1. The van der Waals surface area contributed by atoms with Crippen LogP contribution < -0.4 is 0 Å². The number of rotatable bonds is 7. The molecule has 0 radical (unpaired) electrons. The smallest absolute Gasteiger partial charge is 0.276 e. The van der Waals surface area contributed by atoms with Crippen LogP contribution in [0.1, 0.15) is 88.2 Å². The van der Waals surface area contributed by atoms with Crippen molar-refractivity contribution in [2.24, 2.45) is 0 Å². The van der Waals surface area contributed by atoms with Gasteiger partial charge in [-0.1, -0.05) is 76.0 Å². The molecule has 6 aromatic rings. The van der Waals surface area contributed by atoms with Gasteiger partial charge in [-0.3, -0.25) is 9.69 Å². The second kappa shape index (κ2) is 13.3. The average Bonchev–Trinajstić information content (AvgIpc) is 3.89. The Kier molecular flexibility index (Phi) is 8.68. The van der Waals surface area contributed by atoms with Crippen molar-refractivity contribution in [1.29, 1.82) is 0 Å². The molecule has 0 aliphatic carbocycles. The molecule has 2 N–H and O–H groups in total. The minimum Gasteiger partial charge on any atom is -0.382 e. The van der Waals surface area contributed by atoms with Gasteiger partial charge in [0.15, 0.2) is 11.5 Å². The summed E-state index contributed by atoms with van der Waals surface area (Å²) in [5.41, 5.74) is 4.80. The van der Waals surface area contributed by atoms with Crippen molar-refractivity contribution >= 4 is 40.0 Å². The van der Waals surface area contributed by atoms with E-state index in [0.717, 1.165) is 48.1 Å². The largest absolute Gasteiger partial charge is 0.382 e. The van der Waals surface area contributed by atoms with Crippen LogP contribution >= 0.6 is 23.2 Å². The summed E-state index contributed by atoms with van der Waals surface area (Å²) >= 11 is 12.6. The predicted molar refractivity (Wildman–Crippen MR) is 187 cm³/mol. The number of aliphatic hydroxyl groups excluding tert-OH is 1.